The number of ether oxygens (including phenoxy) is 1. The molecule has 0 saturated carbocycles. The molecule has 0 atom stereocenters. The molecule has 0 aliphatic carbocycles. The Morgan fingerprint density at radius 3 is 2.67 bits per heavy atom. The van der Waals surface area contributed by atoms with E-state index in [4.69, 9.17) is 9.84 Å². The number of aliphatic hydroxyl groups excluding tert-OH is 1. The van der Waals surface area contributed by atoms with E-state index in [9.17, 15) is 4.79 Å². The van der Waals surface area contributed by atoms with Crippen molar-refractivity contribution in [3.63, 3.8) is 0 Å². The molecule has 1 N–H and O–H groups in total. The summed E-state index contributed by atoms with van der Waals surface area (Å²) >= 11 is 0. The highest BCUT2D eigenvalue weighted by atomic mass is 16.5. The Kier molecular flexibility index (Phi) is 4.80. The van der Waals surface area contributed by atoms with Crippen LogP contribution < -0.4 is 4.90 Å². The van der Waals surface area contributed by atoms with Gasteiger partial charge < -0.3 is 14.7 Å². The molecule has 0 aliphatic rings. The van der Waals surface area contributed by atoms with Gasteiger partial charge in [-0.05, 0) is 12.1 Å². The molecule has 1 aromatic carbocycles. The first kappa shape index (κ1) is 11.7. The highest BCUT2D eigenvalue weighted by Gasteiger charge is 2.09. The molecule has 4 heteroatoms. The molecule has 4 nitrogen and oxygen atoms in total. The second kappa shape index (κ2) is 6.16. The van der Waals surface area contributed by atoms with Crippen LogP contribution in [-0.4, -0.2) is 37.9 Å². The maximum Gasteiger partial charge on any atom is 0.252 e. The molecule has 1 amide bonds. The lowest BCUT2D eigenvalue weighted by molar-refractivity contribution is -0.123. The van der Waals surface area contributed by atoms with Gasteiger partial charge in [-0.1, -0.05) is 18.2 Å². The van der Waals surface area contributed by atoms with E-state index in [1.54, 1.807) is 7.05 Å². The maximum absolute atomic E-state index is 11.5. The van der Waals surface area contributed by atoms with E-state index in [-0.39, 0.29) is 25.7 Å². The number of aliphatic hydroxyl groups is 1. The number of hydrogen-bond acceptors (Lipinski definition) is 3. The molecule has 0 bridgehead atoms. The van der Waals surface area contributed by atoms with Crippen molar-refractivity contribution < 1.29 is 14.6 Å². The van der Waals surface area contributed by atoms with Gasteiger partial charge in [0.1, 0.15) is 6.61 Å². The Labute approximate surface area is 89.1 Å². The zero-order valence-electron chi connectivity index (χ0n) is 8.72. The van der Waals surface area contributed by atoms with E-state index in [2.05, 4.69) is 0 Å². The van der Waals surface area contributed by atoms with E-state index in [1.807, 2.05) is 30.3 Å². The van der Waals surface area contributed by atoms with Crippen LogP contribution in [0.25, 0.3) is 0 Å². The molecular formula is C11H15NO3. The Morgan fingerprint density at radius 2 is 2.07 bits per heavy atom. The summed E-state index contributed by atoms with van der Waals surface area (Å²) in [4.78, 5) is 13.1. The normalized spacial score (nSPS) is 10.0. The molecule has 0 radical (unpaired) electrons. The Balaban J connectivity index is 2.46. The summed E-state index contributed by atoms with van der Waals surface area (Å²) in [5.41, 5.74) is 0.829. The van der Waals surface area contributed by atoms with Gasteiger partial charge in [-0.3, -0.25) is 4.79 Å². The highest BCUT2D eigenvalue weighted by Crippen LogP contribution is 2.10. The van der Waals surface area contributed by atoms with Crippen LogP contribution in [0.5, 0.6) is 0 Å². The second-order valence-electron chi connectivity index (χ2n) is 3.06. The molecule has 82 valence electrons. The van der Waals surface area contributed by atoms with Crippen molar-refractivity contribution >= 4 is 11.6 Å². The van der Waals surface area contributed by atoms with Crippen LogP contribution in [-0.2, 0) is 9.53 Å². The Bertz CT molecular complexity index is 300. The molecule has 0 aromatic heterocycles. The minimum atomic E-state index is -0.130. The van der Waals surface area contributed by atoms with E-state index in [0.717, 1.165) is 5.69 Å². The van der Waals surface area contributed by atoms with Crippen LogP contribution in [0.1, 0.15) is 0 Å². The number of carbonyl (C=O) groups excluding carboxylic acids is 1. The van der Waals surface area contributed by atoms with Crippen molar-refractivity contribution in [1.29, 1.82) is 0 Å². The van der Waals surface area contributed by atoms with Crippen molar-refractivity contribution in [2.45, 2.75) is 0 Å². The molecule has 1 rings (SSSR count). The fraction of sp³-hybridized carbons (Fsp3) is 0.364. The van der Waals surface area contributed by atoms with Gasteiger partial charge in [-0.15, -0.1) is 0 Å². The Hall–Kier alpha value is -1.39. The summed E-state index contributed by atoms with van der Waals surface area (Å²) in [6.45, 7) is 0.114. The molecule has 0 spiro atoms. The quantitative estimate of drug-likeness (QED) is 0.725. The van der Waals surface area contributed by atoms with Gasteiger partial charge in [0, 0.05) is 12.7 Å². The van der Waals surface area contributed by atoms with Crippen molar-refractivity contribution in [1.82, 2.24) is 0 Å². The monoisotopic (exact) mass is 209 g/mol. The van der Waals surface area contributed by atoms with Crippen LogP contribution in [0, 0.1) is 0 Å². The van der Waals surface area contributed by atoms with Crippen molar-refractivity contribution in [2.75, 3.05) is 31.8 Å². The number of likely N-dealkylation sites (N-methyl/N-ethyl adjacent to an activating group) is 1. The number of nitrogens with zero attached hydrogens (tertiary/aromatic N) is 1. The fourth-order valence-electron chi connectivity index (χ4n) is 1.12. The van der Waals surface area contributed by atoms with Gasteiger partial charge in [0.25, 0.3) is 5.91 Å². The van der Waals surface area contributed by atoms with Crippen LogP contribution in [0.2, 0.25) is 0 Å². The molecular weight excluding hydrogens is 194 g/mol. The first-order chi connectivity index (χ1) is 7.25. The molecule has 0 saturated heterocycles. The molecule has 0 heterocycles. The van der Waals surface area contributed by atoms with E-state index >= 15 is 0 Å². The van der Waals surface area contributed by atoms with Crippen molar-refractivity contribution in [2.24, 2.45) is 0 Å². The number of carbonyl (C=O) groups is 1. The zero-order valence-corrected chi connectivity index (χ0v) is 8.72. The lowest BCUT2D eigenvalue weighted by Gasteiger charge is -2.16. The fourth-order valence-corrected chi connectivity index (χ4v) is 1.12. The third-order valence-corrected chi connectivity index (χ3v) is 1.98. The van der Waals surface area contributed by atoms with Crippen LogP contribution in [0.4, 0.5) is 5.69 Å². The third kappa shape index (κ3) is 3.69. The van der Waals surface area contributed by atoms with Crippen LogP contribution in [0.3, 0.4) is 0 Å². The highest BCUT2D eigenvalue weighted by molar-refractivity contribution is 5.93. The first-order valence-corrected chi connectivity index (χ1v) is 4.76. The second-order valence-corrected chi connectivity index (χ2v) is 3.06. The van der Waals surface area contributed by atoms with Gasteiger partial charge in [0.15, 0.2) is 0 Å². The number of anilines is 1. The smallest absolute Gasteiger partial charge is 0.252 e. The summed E-state index contributed by atoms with van der Waals surface area (Å²) in [6, 6.07) is 9.33. The topological polar surface area (TPSA) is 49.8 Å². The zero-order chi connectivity index (χ0) is 11.1. The predicted molar refractivity (Wildman–Crippen MR) is 57.8 cm³/mol. The number of rotatable bonds is 5. The van der Waals surface area contributed by atoms with Crippen molar-refractivity contribution in [3.8, 4) is 0 Å². The van der Waals surface area contributed by atoms with Gasteiger partial charge in [0.05, 0.1) is 13.2 Å². The van der Waals surface area contributed by atoms with Gasteiger partial charge in [-0.25, -0.2) is 0 Å². The third-order valence-electron chi connectivity index (χ3n) is 1.98. The van der Waals surface area contributed by atoms with Gasteiger partial charge in [-0.2, -0.15) is 0 Å². The van der Waals surface area contributed by atoms with E-state index in [1.165, 1.54) is 4.90 Å². The van der Waals surface area contributed by atoms with Crippen molar-refractivity contribution in [3.05, 3.63) is 30.3 Å². The molecule has 15 heavy (non-hydrogen) atoms. The lowest BCUT2D eigenvalue weighted by Crippen LogP contribution is -2.30. The Morgan fingerprint density at radius 1 is 1.40 bits per heavy atom. The maximum atomic E-state index is 11.5. The molecule has 0 aliphatic heterocycles. The average Bonchev–Trinajstić information content (AvgIpc) is 2.29. The minimum Gasteiger partial charge on any atom is -0.394 e. The summed E-state index contributed by atoms with van der Waals surface area (Å²) in [5.74, 6) is -0.130. The summed E-state index contributed by atoms with van der Waals surface area (Å²) in [7, 11) is 1.69. The van der Waals surface area contributed by atoms with Crippen LogP contribution >= 0.6 is 0 Å². The predicted octanol–water partition coefficient (Wildman–Crippen LogP) is 0.658. The van der Waals surface area contributed by atoms with Crippen LogP contribution in [0.15, 0.2) is 30.3 Å². The largest absolute Gasteiger partial charge is 0.394 e. The molecule has 0 fully saturated rings. The summed E-state index contributed by atoms with van der Waals surface area (Å²) in [5, 5.41) is 8.48. The summed E-state index contributed by atoms with van der Waals surface area (Å²) in [6.07, 6.45) is 0. The number of para-hydroxylation sites is 1. The molecule has 1 aromatic rings. The summed E-state index contributed by atoms with van der Waals surface area (Å²) < 4.78 is 4.95. The first-order valence-electron chi connectivity index (χ1n) is 4.76. The minimum absolute atomic E-state index is 0.00798. The molecule has 0 unspecified atom stereocenters. The SMILES string of the molecule is CN(C(=O)COCCO)c1ccccc1. The average molecular weight is 209 g/mol. The van der Waals surface area contributed by atoms with Gasteiger partial charge >= 0.3 is 0 Å². The standard InChI is InChI=1S/C11H15NO3/c1-12(10-5-3-2-4-6-10)11(14)9-15-8-7-13/h2-6,13H,7-9H2,1H3. The van der Waals surface area contributed by atoms with E-state index < -0.39 is 0 Å². The number of amides is 1. The number of hydrogen-bond donors (Lipinski definition) is 1. The lowest BCUT2D eigenvalue weighted by atomic mass is 10.3. The number of benzene rings is 1. The van der Waals surface area contributed by atoms with E-state index in [0.29, 0.717) is 0 Å². The van der Waals surface area contributed by atoms with Gasteiger partial charge in [0.2, 0.25) is 0 Å².